The molecule has 0 saturated heterocycles. The van der Waals surface area contributed by atoms with Crippen molar-refractivity contribution in [1.29, 1.82) is 0 Å². The number of rotatable bonds is 8. The maximum atomic E-state index is 12.0. The van der Waals surface area contributed by atoms with Crippen LogP contribution in [0.5, 0.6) is 23.0 Å². The molecular formula is C26H20O8. The maximum Gasteiger partial charge on any atom is 0.335 e. The van der Waals surface area contributed by atoms with Gasteiger partial charge in [0, 0.05) is 29.9 Å². The lowest BCUT2D eigenvalue weighted by Gasteiger charge is -2.24. The predicted octanol–water partition coefficient (Wildman–Crippen LogP) is 3.82. The van der Waals surface area contributed by atoms with E-state index in [0.717, 1.165) is 29.9 Å². The highest BCUT2D eigenvalue weighted by Gasteiger charge is 2.27. The molecule has 34 heavy (non-hydrogen) atoms. The molecule has 8 heteroatoms. The summed E-state index contributed by atoms with van der Waals surface area (Å²) in [6.07, 6.45) is 4.79. The van der Waals surface area contributed by atoms with Crippen LogP contribution in [0, 0.1) is 0 Å². The molecule has 0 aliphatic heterocycles. The average Bonchev–Trinajstić information content (AvgIpc) is 2.84. The number of benzene rings is 2. The highest BCUT2D eigenvalue weighted by molar-refractivity contribution is 5.90. The Labute approximate surface area is 195 Å². The third-order valence-corrected chi connectivity index (χ3v) is 4.83. The second-order valence-corrected chi connectivity index (χ2v) is 6.88. The van der Waals surface area contributed by atoms with Crippen LogP contribution in [-0.2, 0) is 32.0 Å². The second-order valence-electron chi connectivity index (χ2n) is 6.88. The highest BCUT2D eigenvalue weighted by atomic mass is 16.6. The molecule has 0 bridgehead atoms. The summed E-state index contributed by atoms with van der Waals surface area (Å²) in [6, 6.07) is 6.28. The molecule has 0 N–H and O–H groups in total. The Kier molecular flexibility index (Phi) is 7.23. The molecule has 1 aliphatic rings. The van der Waals surface area contributed by atoms with Crippen LogP contribution in [0.25, 0.3) is 11.1 Å². The van der Waals surface area contributed by atoms with Crippen molar-refractivity contribution in [2.75, 3.05) is 0 Å². The molecule has 0 unspecified atom stereocenters. The minimum Gasteiger partial charge on any atom is -0.419 e. The Morgan fingerprint density at radius 3 is 1.68 bits per heavy atom. The Bertz CT molecular complexity index is 1230. The van der Waals surface area contributed by atoms with Crippen molar-refractivity contribution >= 4 is 23.9 Å². The van der Waals surface area contributed by atoms with Crippen LogP contribution in [0.1, 0.15) is 11.1 Å². The third kappa shape index (κ3) is 5.02. The topological polar surface area (TPSA) is 105 Å². The van der Waals surface area contributed by atoms with Gasteiger partial charge in [-0.3, -0.25) is 0 Å². The first-order chi connectivity index (χ1) is 16.3. The average molecular weight is 460 g/mol. The standard InChI is InChI=1S/C26H20O8/c1-5-22(27)31-19-12-11-16-17(26(19)34-25(30)8-4)10-9-15-13-20(32-23(28)6-2)21(14-18(15)16)33-24(29)7-3/h5-8,11-14H,1-4,9-10H2. The van der Waals surface area contributed by atoms with Crippen LogP contribution < -0.4 is 18.9 Å². The molecule has 8 nitrogen and oxygen atoms in total. The van der Waals surface area contributed by atoms with E-state index in [9.17, 15) is 19.2 Å². The number of esters is 4. The van der Waals surface area contributed by atoms with Crippen LogP contribution in [0.2, 0.25) is 0 Å². The minimum absolute atomic E-state index is 0.0153. The summed E-state index contributed by atoms with van der Waals surface area (Å²) in [4.78, 5) is 47.4. The van der Waals surface area contributed by atoms with E-state index >= 15 is 0 Å². The van der Waals surface area contributed by atoms with Gasteiger partial charge < -0.3 is 18.9 Å². The van der Waals surface area contributed by atoms with Crippen molar-refractivity contribution in [3.8, 4) is 34.1 Å². The fourth-order valence-corrected chi connectivity index (χ4v) is 3.37. The van der Waals surface area contributed by atoms with Gasteiger partial charge in [-0.05, 0) is 47.7 Å². The van der Waals surface area contributed by atoms with Crippen LogP contribution in [0.3, 0.4) is 0 Å². The van der Waals surface area contributed by atoms with Gasteiger partial charge in [0.05, 0.1) is 0 Å². The third-order valence-electron chi connectivity index (χ3n) is 4.83. The Morgan fingerprint density at radius 1 is 0.618 bits per heavy atom. The molecule has 1 aliphatic carbocycles. The lowest BCUT2D eigenvalue weighted by molar-refractivity contribution is -0.131. The maximum absolute atomic E-state index is 12.0. The van der Waals surface area contributed by atoms with E-state index in [4.69, 9.17) is 18.9 Å². The van der Waals surface area contributed by atoms with Gasteiger partial charge in [0.25, 0.3) is 0 Å². The Balaban J connectivity index is 2.19. The summed E-state index contributed by atoms with van der Waals surface area (Å²) in [6.45, 7) is 13.5. The highest BCUT2D eigenvalue weighted by Crippen LogP contribution is 2.46. The normalized spacial score (nSPS) is 11.1. The lowest BCUT2D eigenvalue weighted by atomic mass is 9.84. The van der Waals surface area contributed by atoms with E-state index in [0.29, 0.717) is 29.5 Å². The molecule has 0 atom stereocenters. The smallest absolute Gasteiger partial charge is 0.335 e. The first-order valence-electron chi connectivity index (χ1n) is 10.0. The van der Waals surface area contributed by atoms with Crippen molar-refractivity contribution < 1.29 is 38.1 Å². The zero-order valence-electron chi connectivity index (χ0n) is 18.1. The molecule has 3 rings (SSSR count). The molecule has 0 aromatic heterocycles. The number of ether oxygens (including phenoxy) is 4. The Morgan fingerprint density at radius 2 is 1.12 bits per heavy atom. The lowest BCUT2D eigenvalue weighted by Crippen LogP contribution is -2.14. The van der Waals surface area contributed by atoms with E-state index < -0.39 is 23.9 Å². The fraction of sp³-hybridized carbons (Fsp3) is 0.0769. The zero-order chi connectivity index (χ0) is 24.8. The van der Waals surface area contributed by atoms with E-state index in [2.05, 4.69) is 26.3 Å². The molecule has 0 saturated carbocycles. The summed E-state index contributed by atoms with van der Waals surface area (Å²) in [5.41, 5.74) is 2.66. The largest absolute Gasteiger partial charge is 0.419 e. The molecule has 0 radical (unpaired) electrons. The van der Waals surface area contributed by atoms with Gasteiger partial charge in [0.15, 0.2) is 23.0 Å². The number of carbonyl (C=O) groups is 4. The quantitative estimate of drug-likeness (QED) is 0.333. The van der Waals surface area contributed by atoms with Crippen molar-refractivity contribution in [3.05, 3.63) is 86.0 Å². The predicted molar refractivity (Wildman–Crippen MR) is 123 cm³/mol. The van der Waals surface area contributed by atoms with Gasteiger partial charge in [-0.1, -0.05) is 32.4 Å². The molecular weight excluding hydrogens is 440 g/mol. The molecule has 0 fully saturated rings. The van der Waals surface area contributed by atoms with E-state index in [1.54, 1.807) is 12.1 Å². The van der Waals surface area contributed by atoms with Crippen molar-refractivity contribution in [2.24, 2.45) is 0 Å². The first kappa shape index (κ1) is 23.9. The van der Waals surface area contributed by atoms with Crippen LogP contribution >= 0.6 is 0 Å². The zero-order valence-corrected chi connectivity index (χ0v) is 18.1. The van der Waals surface area contributed by atoms with Crippen LogP contribution in [0.15, 0.2) is 74.9 Å². The van der Waals surface area contributed by atoms with E-state index in [-0.39, 0.29) is 23.0 Å². The van der Waals surface area contributed by atoms with Crippen LogP contribution in [0.4, 0.5) is 0 Å². The summed E-state index contributed by atoms with van der Waals surface area (Å²) in [5.74, 6) is -2.80. The number of aryl methyl sites for hydroxylation is 1. The van der Waals surface area contributed by atoms with Gasteiger partial charge in [-0.2, -0.15) is 0 Å². The summed E-state index contributed by atoms with van der Waals surface area (Å²) < 4.78 is 21.2. The molecule has 172 valence electrons. The van der Waals surface area contributed by atoms with E-state index in [1.807, 2.05) is 0 Å². The molecule has 2 aromatic rings. The summed E-state index contributed by atoms with van der Waals surface area (Å²) in [5, 5.41) is 0. The minimum atomic E-state index is -0.751. The van der Waals surface area contributed by atoms with Crippen molar-refractivity contribution in [1.82, 2.24) is 0 Å². The Hall–Kier alpha value is -4.72. The molecule has 0 spiro atoms. The van der Waals surface area contributed by atoms with Crippen molar-refractivity contribution in [3.63, 3.8) is 0 Å². The monoisotopic (exact) mass is 460 g/mol. The summed E-state index contributed by atoms with van der Waals surface area (Å²) >= 11 is 0. The molecule has 2 aromatic carbocycles. The number of fused-ring (bicyclic) bond motifs is 3. The molecule has 0 amide bonds. The second kappa shape index (κ2) is 10.3. The van der Waals surface area contributed by atoms with Gasteiger partial charge in [-0.25, -0.2) is 19.2 Å². The number of hydrogen-bond acceptors (Lipinski definition) is 8. The van der Waals surface area contributed by atoms with Gasteiger partial charge in [-0.15, -0.1) is 0 Å². The fourth-order valence-electron chi connectivity index (χ4n) is 3.37. The number of hydrogen-bond donors (Lipinski definition) is 0. The van der Waals surface area contributed by atoms with E-state index in [1.165, 1.54) is 12.1 Å². The summed E-state index contributed by atoms with van der Waals surface area (Å²) in [7, 11) is 0. The molecule has 0 heterocycles. The van der Waals surface area contributed by atoms with Crippen molar-refractivity contribution in [2.45, 2.75) is 12.8 Å². The van der Waals surface area contributed by atoms with Gasteiger partial charge >= 0.3 is 23.9 Å². The van der Waals surface area contributed by atoms with Crippen LogP contribution in [-0.4, -0.2) is 23.9 Å². The van der Waals surface area contributed by atoms with Gasteiger partial charge in [0.2, 0.25) is 0 Å². The van der Waals surface area contributed by atoms with Gasteiger partial charge in [0.1, 0.15) is 0 Å². The first-order valence-corrected chi connectivity index (χ1v) is 10.0. The number of carbonyl (C=O) groups excluding carboxylic acids is 4. The SMILES string of the molecule is C=CC(=O)Oc1cc2c(cc1OC(=O)C=C)-c1ccc(OC(=O)C=C)c(OC(=O)C=C)c1CC2.